The van der Waals surface area contributed by atoms with Crippen molar-refractivity contribution in [3.8, 4) is 11.5 Å². The Morgan fingerprint density at radius 3 is 2.53 bits per heavy atom. The van der Waals surface area contributed by atoms with Crippen molar-refractivity contribution in [2.24, 2.45) is 5.41 Å². The summed E-state index contributed by atoms with van der Waals surface area (Å²) in [6, 6.07) is 5.97. The van der Waals surface area contributed by atoms with E-state index < -0.39 is 0 Å². The summed E-state index contributed by atoms with van der Waals surface area (Å²) in [5.41, 5.74) is 1.20. The maximum absolute atomic E-state index is 11.3. The lowest BCUT2D eigenvalue weighted by Crippen LogP contribution is -2.13. The molecule has 1 aliphatic rings. The van der Waals surface area contributed by atoms with Gasteiger partial charge in [0.15, 0.2) is 17.3 Å². The molecular formula is C16H20O3. The summed E-state index contributed by atoms with van der Waals surface area (Å²) in [5.74, 6) is 1.73. The Morgan fingerprint density at radius 2 is 1.95 bits per heavy atom. The fraction of sp³-hybridized carbons (Fsp3) is 0.438. The maximum atomic E-state index is 11.3. The summed E-state index contributed by atoms with van der Waals surface area (Å²) in [5, 5.41) is 0. The Morgan fingerprint density at radius 1 is 1.21 bits per heavy atom. The molecule has 0 spiro atoms. The van der Waals surface area contributed by atoms with Gasteiger partial charge >= 0.3 is 0 Å². The number of ketones is 1. The summed E-state index contributed by atoms with van der Waals surface area (Å²) < 4.78 is 10.5. The first-order valence-corrected chi connectivity index (χ1v) is 6.49. The third kappa shape index (κ3) is 3.16. The van der Waals surface area contributed by atoms with E-state index >= 15 is 0 Å². The first-order valence-electron chi connectivity index (χ1n) is 6.49. The largest absolute Gasteiger partial charge is 0.493 e. The minimum absolute atomic E-state index is 0.00421. The van der Waals surface area contributed by atoms with Gasteiger partial charge in [0.25, 0.3) is 0 Å². The van der Waals surface area contributed by atoms with E-state index in [-0.39, 0.29) is 11.2 Å². The smallest absolute Gasteiger partial charge is 0.160 e. The van der Waals surface area contributed by atoms with Crippen LogP contribution >= 0.6 is 0 Å². The summed E-state index contributed by atoms with van der Waals surface area (Å²) in [6.45, 7) is 2.13. The maximum Gasteiger partial charge on any atom is 0.160 e. The van der Waals surface area contributed by atoms with E-state index in [0.29, 0.717) is 6.42 Å². The van der Waals surface area contributed by atoms with E-state index in [1.54, 1.807) is 20.3 Å². The van der Waals surface area contributed by atoms with Gasteiger partial charge in [0, 0.05) is 6.42 Å². The van der Waals surface area contributed by atoms with Gasteiger partial charge in [-0.3, -0.25) is 4.79 Å². The predicted octanol–water partition coefficient (Wildman–Crippen LogP) is 3.17. The van der Waals surface area contributed by atoms with Crippen LogP contribution in [0.5, 0.6) is 11.5 Å². The van der Waals surface area contributed by atoms with Crippen molar-refractivity contribution in [1.29, 1.82) is 0 Å². The van der Waals surface area contributed by atoms with Crippen LogP contribution in [0, 0.1) is 5.41 Å². The molecule has 1 unspecified atom stereocenters. The molecule has 1 aromatic carbocycles. The van der Waals surface area contributed by atoms with Gasteiger partial charge in [-0.1, -0.05) is 19.1 Å². The highest BCUT2D eigenvalue weighted by Gasteiger charge is 2.28. The van der Waals surface area contributed by atoms with Crippen LogP contribution in [0.15, 0.2) is 30.4 Å². The Balaban J connectivity index is 2.04. The molecule has 0 saturated carbocycles. The molecule has 0 bridgehead atoms. The topological polar surface area (TPSA) is 35.5 Å². The number of hydrogen-bond donors (Lipinski definition) is 0. The molecule has 0 heterocycles. The fourth-order valence-corrected chi connectivity index (χ4v) is 2.45. The molecule has 19 heavy (non-hydrogen) atoms. The Labute approximate surface area is 114 Å². The molecule has 0 aromatic heterocycles. The Hall–Kier alpha value is -1.77. The molecular weight excluding hydrogens is 240 g/mol. The molecule has 1 atom stereocenters. The molecule has 0 N–H and O–H groups in total. The van der Waals surface area contributed by atoms with Crippen molar-refractivity contribution in [3.05, 3.63) is 35.9 Å². The van der Waals surface area contributed by atoms with Gasteiger partial charge in [-0.05, 0) is 42.0 Å². The highest BCUT2D eigenvalue weighted by atomic mass is 16.5. The Bertz CT molecular complexity index is 505. The van der Waals surface area contributed by atoms with Crippen molar-refractivity contribution < 1.29 is 14.3 Å². The SMILES string of the molecule is COc1ccc(CCC2(C)C=CC(=O)C2)cc1OC. The number of benzene rings is 1. The number of ether oxygens (including phenoxy) is 2. The minimum atomic E-state index is 0.00421. The van der Waals surface area contributed by atoms with Gasteiger partial charge in [-0.2, -0.15) is 0 Å². The molecule has 102 valence electrons. The van der Waals surface area contributed by atoms with Crippen LogP contribution < -0.4 is 9.47 Å². The minimum Gasteiger partial charge on any atom is -0.493 e. The van der Waals surface area contributed by atoms with E-state index in [9.17, 15) is 4.79 Å². The van der Waals surface area contributed by atoms with Crippen LogP contribution in [-0.4, -0.2) is 20.0 Å². The molecule has 0 fully saturated rings. The van der Waals surface area contributed by atoms with Crippen LogP contribution in [0.4, 0.5) is 0 Å². The molecule has 2 rings (SSSR count). The van der Waals surface area contributed by atoms with Crippen LogP contribution in [0.25, 0.3) is 0 Å². The average Bonchev–Trinajstić information content (AvgIpc) is 2.76. The lowest BCUT2D eigenvalue weighted by molar-refractivity contribution is -0.115. The van der Waals surface area contributed by atoms with Gasteiger partial charge in [-0.15, -0.1) is 0 Å². The number of carbonyl (C=O) groups is 1. The van der Waals surface area contributed by atoms with E-state index in [0.717, 1.165) is 24.3 Å². The van der Waals surface area contributed by atoms with Crippen LogP contribution in [0.3, 0.4) is 0 Å². The molecule has 0 aliphatic heterocycles. The summed E-state index contributed by atoms with van der Waals surface area (Å²) in [7, 11) is 3.27. The molecule has 1 aliphatic carbocycles. The monoisotopic (exact) mass is 260 g/mol. The fourth-order valence-electron chi connectivity index (χ4n) is 2.45. The van der Waals surface area contributed by atoms with Gasteiger partial charge in [0.1, 0.15) is 0 Å². The number of rotatable bonds is 5. The predicted molar refractivity (Wildman–Crippen MR) is 74.7 cm³/mol. The molecule has 3 nitrogen and oxygen atoms in total. The molecule has 0 radical (unpaired) electrons. The number of aryl methyl sites for hydroxylation is 1. The van der Waals surface area contributed by atoms with E-state index in [1.165, 1.54) is 5.56 Å². The number of methoxy groups -OCH3 is 2. The lowest BCUT2D eigenvalue weighted by atomic mass is 9.83. The summed E-state index contributed by atoms with van der Waals surface area (Å²) in [4.78, 5) is 11.3. The van der Waals surface area contributed by atoms with Crippen molar-refractivity contribution >= 4 is 5.78 Å². The van der Waals surface area contributed by atoms with Gasteiger partial charge in [0.2, 0.25) is 0 Å². The zero-order valence-corrected chi connectivity index (χ0v) is 11.7. The van der Waals surface area contributed by atoms with Crippen molar-refractivity contribution in [3.63, 3.8) is 0 Å². The summed E-state index contributed by atoms with van der Waals surface area (Å²) >= 11 is 0. The van der Waals surface area contributed by atoms with Crippen molar-refractivity contribution in [1.82, 2.24) is 0 Å². The zero-order valence-electron chi connectivity index (χ0n) is 11.7. The second-order valence-electron chi connectivity index (χ2n) is 5.32. The van der Waals surface area contributed by atoms with Gasteiger partial charge in [0.05, 0.1) is 14.2 Å². The molecule has 0 amide bonds. The van der Waals surface area contributed by atoms with Crippen molar-refractivity contribution in [2.45, 2.75) is 26.2 Å². The first-order chi connectivity index (χ1) is 9.06. The number of hydrogen-bond acceptors (Lipinski definition) is 3. The third-order valence-corrected chi connectivity index (χ3v) is 3.68. The van der Waals surface area contributed by atoms with Gasteiger partial charge in [-0.25, -0.2) is 0 Å². The average molecular weight is 260 g/mol. The number of carbonyl (C=O) groups excluding carboxylic acids is 1. The third-order valence-electron chi connectivity index (χ3n) is 3.68. The summed E-state index contributed by atoms with van der Waals surface area (Å²) in [6.07, 6.45) is 6.25. The second kappa shape index (κ2) is 5.47. The van der Waals surface area contributed by atoms with Crippen LogP contribution in [-0.2, 0) is 11.2 Å². The van der Waals surface area contributed by atoms with Crippen LogP contribution in [0.1, 0.15) is 25.3 Å². The number of allylic oxidation sites excluding steroid dienone is 2. The second-order valence-corrected chi connectivity index (χ2v) is 5.32. The molecule has 1 aromatic rings. The first kappa shape index (κ1) is 13.7. The van der Waals surface area contributed by atoms with E-state index in [1.807, 2.05) is 24.3 Å². The normalized spacial score (nSPS) is 21.7. The molecule has 0 saturated heterocycles. The Kier molecular flexibility index (Phi) is 3.93. The van der Waals surface area contributed by atoms with Gasteiger partial charge < -0.3 is 9.47 Å². The standard InChI is InChI=1S/C16H20O3/c1-16(9-7-13(17)11-16)8-6-12-4-5-14(18-2)15(10-12)19-3/h4-5,7,9-10H,6,8,11H2,1-3H3. The van der Waals surface area contributed by atoms with Crippen molar-refractivity contribution in [2.75, 3.05) is 14.2 Å². The highest BCUT2D eigenvalue weighted by molar-refractivity contribution is 5.92. The van der Waals surface area contributed by atoms with Crippen LogP contribution in [0.2, 0.25) is 0 Å². The quantitative estimate of drug-likeness (QED) is 0.815. The lowest BCUT2D eigenvalue weighted by Gasteiger charge is -2.20. The van der Waals surface area contributed by atoms with E-state index in [4.69, 9.17) is 9.47 Å². The van der Waals surface area contributed by atoms with E-state index in [2.05, 4.69) is 6.92 Å². The molecule has 3 heteroatoms. The zero-order chi connectivity index (χ0) is 13.9. The highest BCUT2D eigenvalue weighted by Crippen LogP contribution is 2.35.